The van der Waals surface area contributed by atoms with E-state index in [-0.39, 0.29) is 56.6 Å². The molecule has 0 aliphatic carbocycles. The number of halogens is 4. The van der Waals surface area contributed by atoms with Gasteiger partial charge in [0.1, 0.15) is 11.8 Å². The van der Waals surface area contributed by atoms with E-state index in [0.29, 0.717) is 4.88 Å². The number of nitrogens with one attached hydrogen (secondary N) is 1. The van der Waals surface area contributed by atoms with Crippen molar-refractivity contribution in [1.29, 1.82) is 0 Å². The SMILES string of the molecule is O=C(NCC1CN(c2cc(F)c(N3CCON(C(=O)c4cccs4)CC3)c(F)c2)C(=O)O1)C(F)F. The van der Waals surface area contributed by atoms with Gasteiger partial charge >= 0.3 is 12.5 Å². The van der Waals surface area contributed by atoms with Gasteiger partial charge in [-0.2, -0.15) is 8.78 Å². The largest absolute Gasteiger partial charge is 0.442 e. The molecule has 3 amide bonds. The fraction of sp³-hybridized carbons (Fsp3) is 0.381. The number of rotatable bonds is 6. The highest BCUT2D eigenvalue weighted by molar-refractivity contribution is 7.12. The summed E-state index contributed by atoms with van der Waals surface area (Å²) in [5.41, 5.74) is -0.465. The Labute approximate surface area is 200 Å². The van der Waals surface area contributed by atoms with Gasteiger partial charge in [0.15, 0.2) is 11.6 Å². The average molecular weight is 516 g/mol. The molecule has 1 aromatic heterocycles. The van der Waals surface area contributed by atoms with Crippen molar-refractivity contribution in [3.63, 3.8) is 0 Å². The lowest BCUT2D eigenvalue weighted by molar-refractivity contribution is -0.132. The monoisotopic (exact) mass is 516 g/mol. The van der Waals surface area contributed by atoms with Crippen LogP contribution in [0.5, 0.6) is 0 Å². The fourth-order valence-electron chi connectivity index (χ4n) is 3.70. The summed E-state index contributed by atoms with van der Waals surface area (Å²) in [5, 5.41) is 4.84. The zero-order valence-electron chi connectivity index (χ0n) is 18.1. The van der Waals surface area contributed by atoms with Crippen LogP contribution in [0.3, 0.4) is 0 Å². The van der Waals surface area contributed by atoms with Crippen molar-refractivity contribution < 1.29 is 41.5 Å². The van der Waals surface area contributed by atoms with E-state index in [2.05, 4.69) is 0 Å². The van der Waals surface area contributed by atoms with Gasteiger partial charge in [0.2, 0.25) is 0 Å². The molecule has 14 heteroatoms. The van der Waals surface area contributed by atoms with Gasteiger partial charge in [-0.3, -0.25) is 19.3 Å². The molecule has 0 spiro atoms. The van der Waals surface area contributed by atoms with Crippen molar-refractivity contribution in [3.05, 3.63) is 46.2 Å². The van der Waals surface area contributed by atoms with E-state index in [9.17, 15) is 23.2 Å². The van der Waals surface area contributed by atoms with Crippen molar-refractivity contribution in [2.45, 2.75) is 12.5 Å². The maximum Gasteiger partial charge on any atom is 0.414 e. The second-order valence-corrected chi connectivity index (χ2v) is 8.57. The Bertz CT molecular complexity index is 1080. The van der Waals surface area contributed by atoms with Crippen molar-refractivity contribution in [2.24, 2.45) is 0 Å². The van der Waals surface area contributed by atoms with E-state index in [1.807, 2.05) is 5.32 Å². The smallest absolute Gasteiger partial charge is 0.414 e. The van der Waals surface area contributed by atoms with Gasteiger partial charge in [0, 0.05) is 25.2 Å². The summed E-state index contributed by atoms with van der Waals surface area (Å²) in [6, 6.07) is 5.30. The number of thiophene rings is 1. The maximum absolute atomic E-state index is 15.0. The van der Waals surface area contributed by atoms with Crippen LogP contribution in [0, 0.1) is 11.6 Å². The fourth-order valence-corrected chi connectivity index (χ4v) is 4.36. The summed E-state index contributed by atoms with van der Waals surface area (Å²) in [5.74, 6) is -3.75. The number of anilines is 2. The number of amides is 3. The molecule has 2 aliphatic rings. The topological polar surface area (TPSA) is 91.4 Å². The molecule has 1 aromatic carbocycles. The van der Waals surface area contributed by atoms with Crippen LogP contribution in [0.15, 0.2) is 29.6 Å². The molecule has 2 saturated heterocycles. The Kier molecular flexibility index (Phi) is 7.40. The maximum atomic E-state index is 15.0. The average Bonchev–Trinajstić information content (AvgIpc) is 3.41. The second-order valence-electron chi connectivity index (χ2n) is 7.63. The van der Waals surface area contributed by atoms with E-state index in [0.717, 1.165) is 22.1 Å². The predicted octanol–water partition coefficient (Wildman–Crippen LogP) is 2.63. The number of cyclic esters (lactones) is 1. The first-order valence-electron chi connectivity index (χ1n) is 10.5. The van der Waals surface area contributed by atoms with Crippen LogP contribution in [0.2, 0.25) is 0 Å². The predicted molar refractivity (Wildman–Crippen MR) is 117 cm³/mol. The van der Waals surface area contributed by atoms with Crippen LogP contribution < -0.4 is 15.1 Å². The van der Waals surface area contributed by atoms with Gasteiger partial charge in [0.05, 0.1) is 36.8 Å². The van der Waals surface area contributed by atoms with Crippen molar-refractivity contribution in [2.75, 3.05) is 49.1 Å². The van der Waals surface area contributed by atoms with Crippen LogP contribution in [-0.4, -0.2) is 74.8 Å². The Morgan fingerprint density at radius 2 is 1.91 bits per heavy atom. The van der Waals surface area contributed by atoms with Crippen LogP contribution in [0.4, 0.5) is 33.7 Å². The summed E-state index contributed by atoms with van der Waals surface area (Å²) >= 11 is 1.25. The lowest BCUT2D eigenvalue weighted by atomic mass is 10.2. The van der Waals surface area contributed by atoms with Crippen LogP contribution >= 0.6 is 11.3 Å². The Balaban J connectivity index is 1.43. The molecule has 4 rings (SSSR count). The number of carbonyl (C=O) groups excluding carboxylic acids is 3. The zero-order chi connectivity index (χ0) is 25.1. The molecule has 188 valence electrons. The minimum Gasteiger partial charge on any atom is -0.442 e. The van der Waals surface area contributed by atoms with Crippen LogP contribution in [0.25, 0.3) is 0 Å². The number of ether oxygens (including phenoxy) is 1. The quantitative estimate of drug-likeness (QED) is 0.594. The number of hydrogen-bond donors (Lipinski definition) is 1. The minimum atomic E-state index is -3.22. The third kappa shape index (κ3) is 5.48. The van der Waals surface area contributed by atoms with Gasteiger partial charge in [0.25, 0.3) is 11.8 Å². The molecule has 9 nitrogen and oxygen atoms in total. The second kappa shape index (κ2) is 10.5. The normalized spacial score (nSPS) is 18.6. The number of hydrogen-bond acceptors (Lipinski definition) is 7. The van der Waals surface area contributed by atoms with Crippen molar-refractivity contribution in [1.82, 2.24) is 10.4 Å². The summed E-state index contributed by atoms with van der Waals surface area (Å²) in [6.07, 6.45) is -5.12. The molecule has 35 heavy (non-hydrogen) atoms. The lowest BCUT2D eigenvalue weighted by Gasteiger charge is -2.24. The number of hydroxylamine groups is 2. The lowest BCUT2D eigenvalue weighted by Crippen LogP contribution is -2.37. The number of benzene rings is 1. The van der Waals surface area contributed by atoms with E-state index in [1.54, 1.807) is 17.5 Å². The summed E-state index contributed by atoms with van der Waals surface area (Å²) in [7, 11) is 0. The molecule has 0 bridgehead atoms. The zero-order valence-corrected chi connectivity index (χ0v) is 18.9. The molecular weight excluding hydrogens is 496 g/mol. The number of nitrogens with zero attached hydrogens (tertiary/aromatic N) is 3. The molecular formula is C21H20F4N4O5S. The van der Waals surface area contributed by atoms with E-state index in [4.69, 9.17) is 9.57 Å². The molecule has 1 N–H and O–H groups in total. The first-order valence-corrected chi connectivity index (χ1v) is 11.4. The third-order valence-corrected chi connectivity index (χ3v) is 6.20. The standard InChI is InChI=1S/C21H20F4N4O5S/c22-14-8-12(28-11-13(34-21(28)32)10-26-19(30)18(24)25)9-15(23)17(14)27-3-4-29(33-6-5-27)20(31)16-2-1-7-35-16/h1-2,7-9,13,18H,3-6,10-11H2,(H,26,30). The highest BCUT2D eigenvalue weighted by Gasteiger charge is 2.34. The van der Waals surface area contributed by atoms with Gasteiger partial charge in [-0.25, -0.2) is 18.6 Å². The number of carbonyl (C=O) groups is 3. The van der Waals surface area contributed by atoms with Gasteiger partial charge in [-0.1, -0.05) is 6.07 Å². The highest BCUT2D eigenvalue weighted by Crippen LogP contribution is 2.31. The van der Waals surface area contributed by atoms with E-state index >= 15 is 8.78 Å². The summed E-state index contributed by atoms with van der Waals surface area (Å²) in [6.45, 7) is -0.272. The Morgan fingerprint density at radius 3 is 2.57 bits per heavy atom. The van der Waals surface area contributed by atoms with Crippen LogP contribution in [-0.2, 0) is 14.4 Å². The van der Waals surface area contributed by atoms with E-state index in [1.165, 1.54) is 16.2 Å². The Morgan fingerprint density at radius 1 is 1.17 bits per heavy atom. The molecule has 2 fully saturated rings. The molecule has 1 unspecified atom stereocenters. The van der Waals surface area contributed by atoms with Gasteiger partial charge in [-0.05, 0) is 11.4 Å². The van der Waals surface area contributed by atoms with Gasteiger partial charge < -0.3 is 15.0 Å². The summed E-state index contributed by atoms with van der Waals surface area (Å²) in [4.78, 5) is 43.9. The van der Waals surface area contributed by atoms with Crippen LogP contribution in [0.1, 0.15) is 9.67 Å². The minimum absolute atomic E-state index is 0.0161. The van der Waals surface area contributed by atoms with Crippen molar-refractivity contribution in [3.8, 4) is 0 Å². The summed E-state index contributed by atoms with van der Waals surface area (Å²) < 4.78 is 59.6. The molecule has 2 aliphatic heterocycles. The van der Waals surface area contributed by atoms with E-state index < -0.39 is 36.2 Å². The van der Waals surface area contributed by atoms with Crippen molar-refractivity contribution >= 4 is 40.6 Å². The highest BCUT2D eigenvalue weighted by atomic mass is 32.1. The third-order valence-electron chi connectivity index (χ3n) is 5.35. The number of alkyl halides is 2. The first-order chi connectivity index (χ1) is 16.7. The van der Waals surface area contributed by atoms with Gasteiger partial charge in [-0.15, -0.1) is 11.3 Å². The molecule has 1 atom stereocenters. The molecule has 0 radical (unpaired) electrons. The molecule has 2 aromatic rings. The Hall–Kier alpha value is -3.39. The molecule has 0 saturated carbocycles. The molecule has 3 heterocycles. The first kappa shape index (κ1) is 24.7.